The SMILES string of the molecule is CC(C)(C)OC(=O)Oc1ccccc1N(CCN(CC(=O)Nc1ccc(S(N)(=O)=O)cc1I)c1ccccc1OC(=O)OC(C)(C)C)CC(=O)O. The zero-order chi connectivity index (χ0) is 38.1. The topological polar surface area (TPSA) is 204 Å². The van der Waals surface area contributed by atoms with Crippen LogP contribution < -0.4 is 29.7 Å². The number of nitrogens with two attached hydrogens (primary N) is 1. The van der Waals surface area contributed by atoms with Crippen molar-refractivity contribution in [3.05, 3.63) is 70.3 Å². The van der Waals surface area contributed by atoms with E-state index in [9.17, 15) is 32.7 Å². The van der Waals surface area contributed by atoms with Gasteiger partial charge >= 0.3 is 18.3 Å². The van der Waals surface area contributed by atoms with E-state index in [4.69, 9.17) is 24.1 Å². The number of amides is 1. The maximum absolute atomic E-state index is 13.5. The number of nitrogens with zero attached hydrogens (tertiary/aromatic N) is 2. The van der Waals surface area contributed by atoms with Crippen LogP contribution in [0.5, 0.6) is 11.5 Å². The van der Waals surface area contributed by atoms with Crippen molar-refractivity contribution in [3.63, 3.8) is 0 Å². The molecule has 0 radical (unpaired) electrons. The Morgan fingerprint density at radius 3 is 1.63 bits per heavy atom. The Balaban J connectivity index is 1.98. The van der Waals surface area contributed by atoms with E-state index < -0.39 is 52.0 Å². The summed E-state index contributed by atoms with van der Waals surface area (Å²) in [6.45, 7) is 9.15. The molecule has 0 aliphatic carbocycles. The molecule has 0 heterocycles. The Kier molecular flexibility index (Phi) is 13.7. The molecule has 0 unspecified atom stereocenters. The number of benzene rings is 3. The maximum Gasteiger partial charge on any atom is 0.514 e. The smallest absolute Gasteiger partial charge is 0.480 e. The third-order valence-corrected chi connectivity index (χ3v) is 8.22. The molecule has 0 aliphatic heterocycles. The number of carbonyl (C=O) groups is 4. The number of carboxylic acid groups (broad SMARTS) is 1. The number of ether oxygens (including phenoxy) is 4. The van der Waals surface area contributed by atoms with Crippen LogP contribution in [0.1, 0.15) is 41.5 Å². The number of hydrogen-bond acceptors (Lipinski definition) is 12. The van der Waals surface area contributed by atoms with Crippen LogP contribution in [0, 0.1) is 3.57 Å². The van der Waals surface area contributed by atoms with Gasteiger partial charge in [0.2, 0.25) is 15.9 Å². The maximum atomic E-state index is 13.5. The first kappa shape index (κ1) is 40.8. The van der Waals surface area contributed by atoms with Gasteiger partial charge in [-0.05, 0) is 107 Å². The number of carboxylic acids is 1. The van der Waals surface area contributed by atoms with E-state index in [-0.39, 0.29) is 41.7 Å². The van der Waals surface area contributed by atoms with E-state index >= 15 is 0 Å². The average Bonchev–Trinajstić information content (AvgIpc) is 2.97. The van der Waals surface area contributed by atoms with Crippen molar-refractivity contribution in [3.8, 4) is 11.5 Å². The number of nitrogens with one attached hydrogen (secondary N) is 1. The summed E-state index contributed by atoms with van der Waals surface area (Å²) in [5, 5.41) is 17.8. The number of hydrogen-bond donors (Lipinski definition) is 3. The number of para-hydroxylation sites is 4. The van der Waals surface area contributed by atoms with Gasteiger partial charge in [-0.3, -0.25) is 9.59 Å². The van der Waals surface area contributed by atoms with Crippen molar-refractivity contribution in [2.75, 3.05) is 41.3 Å². The summed E-state index contributed by atoms with van der Waals surface area (Å²) in [5.74, 6) is -1.62. The van der Waals surface area contributed by atoms with Crippen molar-refractivity contribution in [2.24, 2.45) is 5.14 Å². The number of rotatable bonds is 13. The zero-order valence-corrected chi connectivity index (χ0v) is 31.9. The third-order valence-electron chi connectivity index (χ3n) is 6.42. The van der Waals surface area contributed by atoms with E-state index in [1.165, 1.54) is 35.2 Å². The first-order valence-electron chi connectivity index (χ1n) is 15.4. The van der Waals surface area contributed by atoms with E-state index in [2.05, 4.69) is 5.32 Å². The lowest BCUT2D eigenvalue weighted by Gasteiger charge is -2.31. The summed E-state index contributed by atoms with van der Waals surface area (Å²) in [7, 11) is -3.98. The van der Waals surface area contributed by atoms with Crippen LogP contribution in [0.3, 0.4) is 0 Å². The summed E-state index contributed by atoms with van der Waals surface area (Å²) < 4.78 is 45.6. The molecule has 3 aromatic carbocycles. The molecule has 276 valence electrons. The molecule has 4 N–H and O–H groups in total. The molecule has 0 saturated heterocycles. The molecule has 1 amide bonds. The van der Waals surface area contributed by atoms with E-state index in [0.29, 0.717) is 14.9 Å². The van der Waals surface area contributed by atoms with Gasteiger partial charge < -0.3 is 39.2 Å². The molecular formula is C34H41IN4O11S. The number of sulfonamides is 1. The highest BCUT2D eigenvalue weighted by atomic mass is 127. The predicted octanol–water partition coefficient (Wildman–Crippen LogP) is 5.60. The fourth-order valence-electron chi connectivity index (χ4n) is 4.44. The Labute approximate surface area is 310 Å². The number of primary sulfonamides is 1. The van der Waals surface area contributed by atoms with Gasteiger partial charge in [0.05, 0.1) is 28.5 Å². The van der Waals surface area contributed by atoms with Gasteiger partial charge in [0.15, 0.2) is 11.5 Å². The molecule has 15 nitrogen and oxygen atoms in total. The molecule has 0 bridgehead atoms. The Bertz CT molecular complexity index is 1860. The molecule has 3 aromatic rings. The monoisotopic (exact) mass is 840 g/mol. The van der Waals surface area contributed by atoms with Crippen molar-refractivity contribution >= 4 is 73.9 Å². The van der Waals surface area contributed by atoms with Gasteiger partial charge in [0, 0.05) is 16.7 Å². The lowest BCUT2D eigenvalue weighted by atomic mass is 10.2. The van der Waals surface area contributed by atoms with E-state index in [1.54, 1.807) is 82.8 Å². The van der Waals surface area contributed by atoms with Crippen LogP contribution in [0.2, 0.25) is 0 Å². The van der Waals surface area contributed by atoms with Crippen LogP contribution in [0.25, 0.3) is 0 Å². The summed E-state index contributed by atoms with van der Waals surface area (Å²) in [4.78, 5) is 53.6. The van der Waals surface area contributed by atoms with Crippen molar-refractivity contribution in [2.45, 2.75) is 57.6 Å². The van der Waals surface area contributed by atoms with Crippen molar-refractivity contribution < 1.29 is 51.6 Å². The first-order valence-corrected chi connectivity index (χ1v) is 18.1. The predicted molar refractivity (Wildman–Crippen MR) is 198 cm³/mol. The van der Waals surface area contributed by atoms with Crippen LogP contribution >= 0.6 is 22.6 Å². The lowest BCUT2D eigenvalue weighted by molar-refractivity contribution is -0.135. The van der Waals surface area contributed by atoms with Gasteiger partial charge in [0.1, 0.15) is 17.7 Å². The van der Waals surface area contributed by atoms with Crippen LogP contribution in [-0.4, -0.2) is 75.1 Å². The minimum Gasteiger partial charge on any atom is -0.480 e. The normalized spacial score (nSPS) is 11.6. The fraction of sp³-hybridized carbons (Fsp3) is 0.353. The van der Waals surface area contributed by atoms with Gasteiger partial charge in [0.25, 0.3) is 0 Å². The van der Waals surface area contributed by atoms with Crippen molar-refractivity contribution in [1.82, 2.24) is 0 Å². The minimum atomic E-state index is -3.98. The first-order chi connectivity index (χ1) is 23.6. The number of carbonyl (C=O) groups excluding carboxylic acids is 3. The highest BCUT2D eigenvalue weighted by molar-refractivity contribution is 14.1. The highest BCUT2D eigenvalue weighted by Gasteiger charge is 2.25. The molecule has 0 aliphatic rings. The third kappa shape index (κ3) is 13.6. The highest BCUT2D eigenvalue weighted by Crippen LogP contribution is 2.32. The summed E-state index contributed by atoms with van der Waals surface area (Å²) in [5.41, 5.74) is -0.824. The largest absolute Gasteiger partial charge is 0.514 e. The standard InChI is InChI=1S/C34H41IN4O11S/c1-33(2,3)49-31(43)47-27-13-9-7-11-25(27)38(20-29(40)37-24-16-15-22(19-23(24)35)51(36,45)46)17-18-39(21-30(41)42)26-12-8-10-14-28(26)48-32(44)50-34(4,5)6/h7-16,19H,17-18,20-21H2,1-6H3,(H,37,40)(H,41,42)(H2,36,45,46). The molecule has 17 heteroatoms. The van der Waals surface area contributed by atoms with Crippen LogP contribution in [0.15, 0.2) is 71.6 Å². The zero-order valence-electron chi connectivity index (χ0n) is 29.0. The Morgan fingerprint density at radius 2 is 1.22 bits per heavy atom. The Hall–Kier alpha value is -4.62. The summed E-state index contributed by atoms with van der Waals surface area (Å²) in [6, 6.07) is 16.7. The van der Waals surface area contributed by atoms with Crippen LogP contribution in [0.4, 0.5) is 26.7 Å². The molecule has 51 heavy (non-hydrogen) atoms. The molecule has 0 fully saturated rings. The van der Waals surface area contributed by atoms with Gasteiger partial charge in [-0.1, -0.05) is 24.3 Å². The number of anilines is 3. The van der Waals surface area contributed by atoms with Gasteiger partial charge in [-0.2, -0.15) is 0 Å². The fourth-order valence-corrected chi connectivity index (χ4v) is 5.84. The second-order valence-electron chi connectivity index (χ2n) is 13.0. The summed E-state index contributed by atoms with van der Waals surface area (Å²) >= 11 is 1.87. The van der Waals surface area contributed by atoms with Crippen molar-refractivity contribution in [1.29, 1.82) is 0 Å². The van der Waals surface area contributed by atoms with Gasteiger partial charge in [-0.15, -0.1) is 0 Å². The second-order valence-corrected chi connectivity index (χ2v) is 15.8. The lowest BCUT2D eigenvalue weighted by Crippen LogP contribution is -2.41. The van der Waals surface area contributed by atoms with Gasteiger partial charge in [-0.25, -0.2) is 23.1 Å². The second kappa shape index (κ2) is 17.1. The molecule has 0 atom stereocenters. The van der Waals surface area contributed by atoms with E-state index in [1.807, 2.05) is 22.6 Å². The van der Waals surface area contributed by atoms with E-state index in [0.717, 1.165) is 0 Å². The minimum absolute atomic E-state index is 0.0163. The Morgan fingerprint density at radius 1 is 0.765 bits per heavy atom. The molecule has 0 saturated carbocycles. The molecular weight excluding hydrogens is 799 g/mol. The number of halogens is 1. The average molecular weight is 841 g/mol. The molecule has 0 aromatic heterocycles. The number of aliphatic carboxylic acids is 1. The summed E-state index contributed by atoms with van der Waals surface area (Å²) in [6.07, 6.45) is -1.96. The quantitative estimate of drug-likeness (QED) is 0.109. The molecule has 0 spiro atoms. The van der Waals surface area contributed by atoms with Crippen LogP contribution in [-0.2, 0) is 29.1 Å². The molecule has 3 rings (SSSR count).